The molecule has 2 aliphatic rings. The Morgan fingerprint density at radius 1 is 1.18 bits per heavy atom. The van der Waals surface area contributed by atoms with Gasteiger partial charge in [0.25, 0.3) is 0 Å². The second kappa shape index (κ2) is 8.70. The summed E-state index contributed by atoms with van der Waals surface area (Å²) in [6, 6.07) is 0.538. The summed E-state index contributed by atoms with van der Waals surface area (Å²) in [5.41, 5.74) is 0. The molecule has 2 N–H and O–H groups in total. The maximum absolute atomic E-state index is 12.3. The van der Waals surface area contributed by atoms with Crippen LogP contribution >= 0.6 is 12.2 Å². The summed E-state index contributed by atoms with van der Waals surface area (Å²) in [5, 5.41) is 7.44. The van der Waals surface area contributed by atoms with E-state index in [1.54, 1.807) is 0 Å². The van der Waals surface area contributed by atoms with Gasteiger partial charge in [0.1, 0.15) is 0 Å². The topological polar surface area (TPSA) is 44.4 Å². The number of hydrogen-bond donors (Lipinski definition) is 2. The van der Waals surface area contributed by atoms with Crippen LogP contribution in [0.3, 0.4) is 0 Å². The molecule has 1 saturated heterocycles. The van der Waals surface area contributed by atoms with Gasteiger partial charge < -0.3 is 15.5 Å². The number of carbonyl (C=O) groups is 1. The lowest BCUT2D eigenvalue weighted by atomic mass is 9.95. The van der Waals surface area contributed by atoms with E-state index in [1.165, 1.54) is 32.1 Å². The molecular weight excluding hydrogens is 294 g/mol. The minimum absolute atomic E-state index is 0.0820. The molecule has 0 bridgehead atoms. The van der Waals surface area contributed by atoms with Crippen LogP contribution in [0.5, 0.6) is 0 Å². The predicted molar refractivity (Wildman–Crippen MR) is 94.8 cm³/mol. The van der Waals surface area contributed by atoms with Crippen molar-refractivity contribution < 1.29 is 4.79 Å². The summed E-state index contributed by atoms with van der Waals surface area (Å²) in [6.07, 6.45) is 8.45. The maximum atomic E-state index is 12.3. The van der Waals surface area contributed by atoms with Gasteiger partial charge in [-0.2, -0.15) is 0 Å². The lowest BCUT2D eigenvalue weighted by molar-refractivity contribution is -0.126. The molecule has 1 amide bonds. The van der Waals surface area contributed by atoms with Crippen molar-refractivity contribution in [2.45, 2.75) is 64.8 Å². The SMILES string of the molecule is CC(C)CNC(=O)C1CCCN(C(=S)NC2CCCCC2)C1. The molecule has 22 heavy (non-hydrogen) atoms. The van der Waals surface area contributed by atoms with Crippen molar-refractivity contribution in [2.24, 2.45) is 11.8 Å². The molecule has 0 radical (unpaired) electrons. The average molecular weight is 326 g/mol. The molecule has 0 spiro atoms. The Hall–Kier alpha value is -0.840. The molecule has 5 heteroatoms. The van der Waals surface area contributed by atoms with Gasteiger partial charge in [0.15, 0.2) is 5.11 Å². The Labute approximate surface area is 140 Å². The molecule has 1 unspecified atom stereocenters. The van der Waals surface area contributed by atoms with E-state index in [4.69, 9.17) is 12.2 Å². The number of nitrogens with one attached hydrogen (secondary N) is 2. The van der Waals surface area contributed by atoms with Crippen LogP contribution in [0.1, 0.15) is 58.8 Å². The number of amides is 1. The number of piperidine rings is 1. The molecule has 0 aromatic rings. The second-order valence-electron chi connectivity index (χ2n) is 7.21. The lowest BCUT2D eigenvalue weighted by Crippen LogP contribution is -2.51. The molecular formula is C17H31N3OS. The first-order chi connectivity index (χ1) is 10.6. The number of rotatable bonds is 4. The highest BCUT2D eigenvalue weighted by atomic mass is 32.1. The highest BCUT2D eigenvalue weighted by Crippen LogP contribution is 2.20. The molecule has 2 rings (SSSR count). The van der Waals surface area contributed by atoms with Crippen LogP contribution in [0.15, 0.2) is 0 Å². The van der Waals surface area contributed by atoms with Crippen molar-refractivity contribution in [2.75, 3.05) is 19.6 Å². The van der Waals surface area contributed by atoms with Gasteiger partial charge >= 0.3 is 0 Å². The minimum atomic E-state index is 0.0820. The van der Waals surface area contributed by atoms with Crippen LogP contribution in [-0.2, 0) is 4.79 Å². The third-order valence-corrected chi connectivity index (χ3v) is 5.07. The highest BCUT2D eigenvalue weighted by Gasteiger charge is 2.27. The maximum Gasteiger partial charge on any atom is 0.224 e. The standard InChI is InChI=1S/C17H31N3OS/c1-13(2)11-18-16(21)14-7-6-10-20(12-14)17(22)19-15-8-4-3-5-9-15/h13-15H,3-12H2,1-2H3,(H,18,21)(H,19,22). The molecule has 2 fully saturated rings. The van der Waals surface area contributed by atoms with Crippen LogP contribution in [-0.4, -0.2) is 41.6 Å². The normalized spacial score (nSPS) is 23.4. The van der Waals surface area contributed by atoms with Gasteiger partial charge in [0, 0.05) is 25.7 Å². The monoisotopic (exact) mass is 325 g/mol. The van der Waals surface area contributed by atoms with Crippen molar-refractivity contribution in [3.8, 4) is 0 Å². The Kier molecular flexibility index (Phi) is 6.93. The first-order valence-electron chi connectivity index (χ1n) is 8.89. The first-order valence-corrected chi connectivity index (χ1v) is 9.30. The first kappa shape index (κ1) is 17.5. The smallest absolute Gasteiger partial charge is 0.224 e. The zero-order chi connectivity index (χ0) is 15.9. The van der Waals surface area contributed by atoms with Gasteiger partial charge in [0.2, 0.25) is 5.91 Å². The molecule has 126 valence electrons. The lowest BCUT2D eigenvalue weighted by Gasteiger charge is -2.36. The summed E-state index contributed by atoms with van der Waals surface area (Å²) in [6.45, 7) is 6.75. The van der Waals surface area contributed by atoms with E-state index in [-0.39, 0.29) is 11.8 Å². The number of likely N-dealkylation sites (tertiary alicyclic amines) is 1. The van der Waals surface area contributed by atoms with Crippen LogP contribution in [0.4, 0.5) is 0 Å². The third kappa shape index (κ3) is 5.41. The van der Waals surface area contributed by atoms with Crippen LogP contribution < -0.4 is 10.6 Å². The number of thiocarbonyl (C=S) groups is 1. The molecule has 1 aliphatic carbocycles. The van der Waals surface area contributed by atoms with Gasteiger partial charge in [0.05, 0.1) is 5.92 Å². The number of nitrogens with zero attached hydrogens (tertiary/aromatic N) is 1. The van der Waals surface area contributed by atoms with E-state index in [0.717, 1.165) is 37.6 Å². The molecule has 1 heterocycles. The summed E-state index contributed by atoms with van der Waals surface area (Å²) in [7, 11) is 0. The van der Waals surface area contributed by atoms with Gasteiger partial charge in [-0.1, -0.05) is 33.1 Å². The molecule has 1 atom stereocenters. The van der Waals surface area contributed by atoms with Crippen molar-refractivity contribution in [1.82, 2.24) is 15.5 Å². The second-order valence-corrected chi connectivity index (χ2v) is 7.60. The van der Waals surface area contributed by atoms with E-state index >= 15 is 0 Å². The molecule has 1 saturated carbocycles. The quantitative estimate of drug-likeness (QED) is 0.780. The average Bonchev–Trinajstić information content (AvgIpc) is 2.53. The zero-order valence-corrected chi connectivity index (χ0v) is 14.9. The fourth-order valence-corrected chi connectivity index (χ4v) is 3.67. The van der Waals surface area contributed by atoms with Gasteiger partial charge in [-0.05, 0) is 43.8 Å². The summed E-state index contributed by atoms with van der Waals surface area (Å²) in [4.78, 5) is 14.5. The Morgan fingerprint density at radius 2 is 1.91 bits per heavy atom. The van der Waals surface area contributed by atoms with E-state index in [1.807, 2.05) is 0 Å². The summed E-state index contributed by atoms with van der Waals surface area (Å²) in [5.74, 6) is 0.773. The predicted octanol–water partition coefficient (Wildman–Crippen LogP) is 2.68. The van der Waals surface area contributed by atoms with Crippen LogP contribution in [0.2, 0.25) is 0 Å². The summed E-state index contributed by atoms with van der Waals surface area (Å²) < 4.78 is 0. The Bertz CT molecular complexity index is 380. The van der Waals surface area contributed by atoms with Crippen LogP contribution in [0.25, 0.3) is 0 Å². The Morgan fingerprint density at radius 3 is 2.59 bits per heavy atom. The minimum Gasteiger partial charge on any atom is -0.360 e. The Balaban J connectivity index is 1.78. The van der Waals surface area contributed by atoms with Crippen LogP contribution in [0, 0.1) is 11.8 Å². The fourth-order valence-electron chi connectivity index (χ4n) is 3.34. The summed E-state index contributed by atoms with van der Waals surface area (Å²) >= 11 is 5.58. The third-order valence-electron chi connectivity index (χ3n) is 4.70. The number of carbonyl (C=O) groups excluding carboxylic acids is 1. The molecule has 0 aromatic carbocycles. The van der Waals surface area contributed by atoms with Crippen molar-refractivity contribution in [3.63, 3.8) is 0 Å². The zero-order valence-electron chi connectivity index (χ0n) is 14.1. The van der Waals surface area contributed by atoms with Crippen molar-refractivity contribution in [3.05, 3.63) is 0 Å². The van der Waals surface area contributed by atoms with Gasteiger partial charge in [-0.15, -0.1) is 0 Å². The molecule has 4 nitrogen and oxygen atoms in total. The van der Waals surface area contributed by atoms with Crippen molar-refractivity contribution >= 4 is 23.2 Å². The molecule has 0 aromatic heterocycles. The largest absolute Gasteiger partial charge is 0.360 e. The van der Waals surface area contributed by atoms with E-state index in [9.17, 15) is 4.79 Å². The van der Waals surface area contributed by atoms with Gasteiger partial charge in [-0.3, -0.25) is 4.79 Å². The molecule has 1 aliphatic heterocycles. The van der Waals surface area contributed by atoms with E-state index in [0.29, 0.717) is 12.0 Å². The van der Waals surface area contributed by atoms with E-state index < -0.39 is 0 Å². The fraction of sp³-hybridized carbons (Fsp3) is 0.882. The van der Waals surface area contributed by atoms with Crippen molar-refractivity contribution in [1.29, 1.82) is 0 Å². The highest BCUT2D eigenvalue weighted by molar-refractivity contribution is 7.80. The number of hydrogen-bond acceptors (Lipinski definition) is 2. The van der Waals surface area contributed by atoms with E-state index in [2.05, 4.69) is 29.4 Å². The van der Waals surface area contributed by atoms with Gasteiger partial charge in [-0.25, -0.2) is 0 Å².